The lowest BCUT2D eigenvalue weighted by Crippen LogP contribution is -2.45. The SMILES string of the molecule is CC(=O)Oc1ccc(C2(C(=O)Oc3ccccc3)CCC(C(=O)NOCc3ccccc3)CC2)cc1. The summed E-state index contributed by atoms with van der Waals surface area (Å²) in [5.41, 5.74) is 3.36. The summed E-state index contributed by atoms with van der Waals surface area (Å²) >= 11 is 0. The number of carbonyl (C=O) groups is 3. The maximum absolute atomic E-state index is 13.5. The Kier molecular flexibility index (Phi) is 8.13. The van der Waals surface area contributed by atoms with E-state index in [9.17, 15) is 14.4 Å². The average molecular weight is 488 g/mol. The molecule has 0 heterocycles. The van der Waals surface area contributed by atoms with Gasteiger partial charge < -0.3 is 9.47 Å². The quantitative estimate of drug-likeness (QED) is 0.276. The van der Waals surface area contributed by atoms with Crippen molar-refractivity contribution in [2.45, 2.75) is 44.6 Å². The van der Waals surface area contributed by atoms with Crippen LogP contribution in [0.2, 0.25) is 0 Å². The van der Waals surface area contributed by atoms with Crippen LogP contribution in [-0.2, 0) is 31.2 Å². The molecule has 186 valence electrons. The highest BCUT2D eigenvalue weighted by Crippen LogP contribution is 2.43. The molecular formula is C29H29NO6. The maximum Gasteiger partial charge on any atom is 0.321 e. The average Bonchev–Trinajstić information content (AvgIpc) is 2.90. The summed E-state index contributed by atoms with van der Waals surface area (Å²) in [5.74, 6) is -0.385. The number of nitrogens with one attached hydrogen (secondary N) is 1. The van der Waals surface area contributed by atoms with E-state index in [1.54, 1.807) is 48.5 Å². The summed E-state index contributed by atoms with van der Waals surface area (Å²) in [6.07, 6.45) is 1.86. The van der Waals surface area contributed by atoms with Gasteiger partial charge in [-0.25, -0.2) is 5.48 Å². The number of rotatable bonds is 8. The summed E-state index contributed by atoms with van der Waals surface area (Å²) < 4.78 is 10.9. The first-order chi connectivity index (χ1) is 17.5. The van der Waals surface area contributed by atoms with Crippen LogP contribution in [0.1, 0.15) is 43.7 Å². The Morgan fingerprint density at radius 3 is 2.00 bits per heavy atom. The van der Waals surface area contributed by atoms with E-state index < -0.39 is 11.4 Å². The zero-order valence-corrected chi connectivity index (χ0v) is 20.1. The number of carbonyl (C=O) groups excluding carboxylic acids is 3. The lowest BCUT2D eigenvalue weighted by atomic mass is 9.66. The van der Waals surface area contributed by atoms with Gasteiger partial charge in [-0.1, -0.05) is 60.7 Å². The zero-order chi connectivity index (χ0) is 25.4. The van der Waals surface area contributed by atoms with Crippen LogP contribution >= 0.6 is 0 Å². The third-order valence-corrected chi connectivity index (χ3v) is 6.48. The second kappa shape index (κ2) is 11.6. The molecule has 0 spiro atoms. The Balaban J connectivity index is 1.45. The van der Waals surface area contributed by atoms with Gasteiger partial charge in [0.05, 0.1) is 12.0 Å². The Labute approximate surface area is 210 Å². The van der Waals surface area contributed by atoms with E-state index in [-0.39, 0.29) is 24.4 Å². The fraction of sp³-hybridized carbons (Fsp3) is 0.276. The van der Waals surface area contributed by atoms with Crippen LogP contribution in [0.25, 0.3) is 0 Å². The summed E-state index contributed by atoms with van der Waals surface area (Å²) in [6, 6.07) is 25.4. The summed E-state index contributed by atoms with van der Waals surface area (Å²) in [7, 11) is 0. The van der Waals surface area contributed by atoms with Crippen molar-refractivity contribution >= 4 is 17.8 Å². The van der Waals surface area contributed by atoms with Gasteiger partial charge in [0.15, 0.2) is 0 Å². The predicted octanol–water partition coefficient (Wildman–Crippen LogP) is 4.89. The first-order valence-electron chi connectivity index (χ1n) is 12.0. The van der Waals surface area contributed by atoms with E-state index >= 15 is 0 Å². The van der Waals surface area contributed by atoms with Gasteiger partial charge in [-0.05, 0) is 61.1 Å². The molecule has 1 aliphatic rings. The van der Waals surface area contributed by atoms with Gasteiger partial charge >= 0.3 is 11.9 Å². The van der Waals surface area contributed by atoms with Crippen molar-refractivity contribution < 1.29 is 28.7 Å². The number of amides is 1. The third-order valence-electron chi connectivity index (χ3n) is 6.48. The van der Waals surface area contributed by atoms with Gasteiger partial charge in [0.1, 0.15) is 11.5 Å². The predicted molar refractivity (Wildman–Crippen MR) is 133 cm³/mol. The largest absolute Gasteiger partial charge is 0.427 e. The molecule has 1 fully saturated rings. The number of benzene rings is 3. The van der Waals surface area contributed by atoms with E-state index in [4.69, 9.17) is 14.3 Å². The number of hydrogen-bond acceptors (Lipinski definition) is 6. The van der Waals surface area contributed by atoms with Crippen LogP contribution in [0.4, 0.5) is 0 Å². The Hall–Kier alpha value is -3.97. The minimum absolute atomic E-state index is 0.193. The molecule has 0 aromatic heterocycles. The van der Waals surface area contributed by atoms with Gasteiger partial charge in [0.25, 0.3) is 0 Å². The molecule has 1 N–H and O–H groups in total. The molecule has 0 radical (unpaired) electrons. The van der Waals surface area contributed by atoms with E-state index in [0.717, 1.165) is 11.1 Å². The van der Waals surface area contributed by atoms with Crippen molar-refractivity contribution in [3.8, 4) is 11.5 Å². The van der Waals surface area contributed by atoms with Crippen molar-refractivity contribution in [3.05, 3.63) is 96.1 Å². The smallest absolute Gasteiger partial charge is 0.321 e. The van der Waals surface area contributed by atoms with E-state index in [0.29, 0.717) is 37.2 Å². The Morgan fingerprint density at radius 2 is 1.39 bits per heavy atom. The molecule has 7 heteroatoms. The monoisotopic (exact) mass is 487 g/mol. The number of para-hydroxylation sites is 1. The molecule has 1 aliphatic carbocycles. The molecular weight excluding hydrogens is 458 g/mol. The molecule has 0 saturated heterocycles. The van der Waals surface area contributed by atoms with Crippen LogP contribution in [-0.4, -0.2) is 17.8 Å². The molecule has 7 nitrogen and oxygen atoms in total. The molecule has 3 aromatic carbocycles. The Morgan fingerprint density at radius 1 is 0.806 bits per heavy atom. The second-order valence-corrected chi connectivity index (χ2v) is 8.92. The fourth-order valence-electron chi connectivity index (χ4n) is 4.53. The summed E-state index contributed by atoms with van der Waals surface area (Å²) in [4.78, 5) is 43.0. The van der Waals surface area contributed by atoms with Gasteiger partial charge in [0, 0.05) is 12.8 Å². The zero-order valence-electron chi connectivity index (χ0n) is 20.1. The van der Waals surface area contributed by atoms with E-state index in [2.05, 4.69) is 5.48 Å². The highest BCUT2D eigenvalue weighted by atomic mass is 16.6. The summed E-state index contributed by atoms with van der Waals surface area (Å²) in [6.45, 7) is 1.61. The topological polar surface area (TPSA) is 90.9 Å². The number of esters is 2. The van der Waals surface area contributed by atoms with Crippen molar-refractivity contribution in [2.75, 3.05) is 0 Å². The van der Waals surface area contributed by atoms with Crippen molar-refractivity contribution in [3.63, 3.8) is 0 Å². The fourth-order valence-corrected chi connectivity index (χ4v) is 4.53. The molecule has 4 rings (SSSR count). The number of hydrogen-bond donors (Lipinski definition) is 1. The highest BCUT2D eigenvalue weighted by molar-refractivity contribution is 5.86. The molecule has 1 amide bonds. The number of ether oxygens (including phenoxy) is 2. The van der Waals surface area contributed by atoms with Crippen molar-refractivity contribution in [2.24, 2.45) is 5.92 Å². The summed E-state index contributed by atoms with van der Waals surface area (Å²) in [5, 5.41) is 0. The maximum atomic E-state index is 13.5. The van der Waals surface area contributed by atoms with E-state index in [1.807, 2.05) is 36.4 Å². The minimum Gasteiger partial charge on any atom is -0.427 e. The van der Waals surface area contributed by atoms with Crippen LogP contribution < -0.4 is 15.0 Å². The standard InChI is InChI=1S/C29H29NO6/c1-21(31)35-26-14-12-24(13-15-26)29(28(33)36-25-10-6-3-7-11-25)18-16-23(17-19-29)27(32)30-34-20-22-8-4-2-5-9-22/h2-15,23H,16-20H2,1H3,(H,30,32). The van der Waals surface area contributed by atoms with Crippen LogP contribution in [0.15, 0.2) is 84.9 Å². The lowest BCUT2D eigenvalue weighted by molar-refractivity contribution is -0.146. The first kappa shape index (κ1) is 25.1. The van der Waals surface area contributed by atoms with Gasteiger partial charge in [-0.2, -0.15) is 0 Å². The Bertz CT molecular complexity index is 1170. The van der Waals surface area contributed by atoms with E-state index in [1.165, 1.54) is 6.92 Å². The van der Waals surface area contributed by atoms with Crippen molar-refractivity contribution in [1.82, 2.24) is 5.48 Å². The highest BCUT2D eigenvalue weighted by Gasteiger charge is 2.46. The third kappa shape index (κ3) is 6.17. The molecule has 36 heavy (non-hydrogen) atoms. The van der Waals surface area contributed by atoms with Gasteiger partial charge in [0.2, 0.25) is 5.91 Å². The van der Waals surface area contributed by atoms with Crippen LogP contribution in [0, 0.1) is 5.92 Å². The molecule has 0 bridgehead atoms. The molecule has 0 unspecified atom stereocenters. The van der Waals surface area contributed by atoms with Crippen molar-refractivity contribution in [1.29, 1.82) is 0 Å². The number of hydroxylamine groups is 1. The lowest BCUT2D eigenvalue weighted by Gasteiger charge is -2.38. The minimum atomic E-state index is -0.924. The van der Waals surface area contributed by atoms with Crippen LogP contribution in [0.3, 0.4) is 0 Å². The molecule has 3 aromatic rings. The molecule has 0 atom stereocenters. The van der Waals surface area contributed by atoms with Crippen LogP contribution in [0.5, 0.6) is 11.5 Å². The van der Waals surface area contributed by atoms with Gasteiger partial charge in [-0.3, -0.25) is 19.2 Å². The van der Waals surface area contributed by atoms with Gasteiger partial charge in [-0.15, -0.1) is 0 Å². The normalized spacial score (nSPS) is 19.2. The first-order valence-corrected chi connectivity index (χ1v) is 12.0. The molecule has 1 saturated carbocycles. The second-order valence-electron chi connectivity index (χ2n) is 8.92. The molecule has 0 aliphatic heterocycles.